The summed E-state index contributed by atoms with van der Waals surface area (Å²) in [4.78, 5) is 11.4. The summed E-state index contributed by atoms with van der Waals surface area (Å²) in [6.07, 6.45) is 0. The number of hydrogen-bond donors (Lipinski definition) is 1. The number of ether oxygens (including phenoxy) is 1. The third-order valence-corrected chi connectivity index (χ3v) is 5.58. The molecule has 0 atom stereocenters. The highest BCUT2D eigenvalue weighted by molar-refractivity contribution is 7.92. The number of anilines is 1. The fourth-order valence-corrected chi connectivity index (χ4v) is 3.68. The molecule has 3 aromatic rings. The van der Waals surface area contributed by atoms with Crippen molar-refractivity contribution in [2.24, 2.45) is 5.92 Å². The molecule has 1 aromatic heterocycles. The second-order valence-corrected chi connectivity index (χ2v) is 8.91. The topological polar surface area (TPSA) is 98.2 Å². The van der Waals surface area contributed by atoms with E-state index < -0.39 is 10.0 Å². The molecule has 7 nitrogen and oxygen atoms in total. The van der Waals surface area contributed by atoms with Crippen LogP contribution in [0.5, 0.6) is 5.88 Å². The maximum Gasteiger partial charge on any atom is 0.261 e. The minimum Gasteiger partial charge on any atom is -0.476 e. The lowest BCUT2D eigenvalue weighted by molar-refractivity contribution is 0.101. The third kappa shape index (κ3) is 5.42. The number of Topliss-reactive ketones (excluding diaryl/α,β-unsaturated/α-hetero) is 1. The number of aromatic nitrogens is 2. The molecule has 3 rings (SSSR count). The molecule has 2 aromatic carbocycles. The number of hydrogen-bond acceptors (Lipinski definition) is 6. The fourth-order valence-electron chi connectivity index (χ4n) is 2.63. The minimum absolute atomic E-state index is 0.0735. The number of carbonyl (C=O) groups excluding carboxylic acids is 1. The molecule has 0 aliphatic heterocycles. The summed E-state index contributed by atoms with van der Waals surface area (Å²) in [6, 6.07) is 16.2. The van der Waals surface area contributed by atoms with Crippen molar-refractivity contribution >= 4 is 21.5 Å². The predicted molar refractivity (Wildman–Crippen MR) is 115 cm³/mol. The van der Waals surface area contributed by atoms with Crippen LogP contribution in [0.4, 0.5) is 5.69 Å². The maximum absolute atomic E-state index is 12.7. The van der Waals surface area contributed by atoms with E-state index in [4.69, 9.17) is 4.74 Å². The Kier molecular flexibility index (Phi) is 6.47. The van der Waals surface area contributed by atoms with Crippen LogP contribution in [-0.2, 0) is 10.0 Å². The maximum atomic E-state index is 12.7. The van der Waals surface area contributed by atoms with Crippen LogP contribution in [0, 0.1) is 5.92 Å². The first-order valence-electron chi connectivity index (χ1n) is 9.45. The van der Waals surface area contributed by atoms with Crippen molar-refractivity contribution in [2.45, 2.75) is 25.7 Å². The van der Waals surface area contributed by atoms with Gasteiger partial charge in [0.05, 0.1) is 17.2 Å². The Morgan fingerprint density at radius 1 is 1.03 bits per heavy atom. The van der Waals surface area contributed by atoms with Crippen LogP contribution in [0.1, 0.15) is 31.1 Å². The Labute approximate surface area is 176 Å². The van der Waals surface area contributed by atoms with E-state index in [2.05, 4.69) is 14.9 Å². The zero-order chi connectivity index (χ0) is 21.7. The number of sulfonamides is 1. The van der Waals surface area contributed by atoms with Crippen LogP contribution in [0.25, 0.3) is 11.3 Å². The van der Waals surface area contributed by atoms with Crippen LogP contribution in [0.3, 0.4) is 0 Å². The van der Waals surface area contributed by atoms with E-state index in [1.807, 2.05) is 19.9 Å². The summed E-state index contributed by atoms with van der Waals surface area (Å²) in [5, 5.41) is 8.23. The second-order valence-electron chi connectivity index (χ2n) is 7.23. The zero-order valence-electron chi connectivity index (χ0n) is 17.0. The Bertz CT molecular complexity index is 1130. The summed E-state index contributed by atoms with van der Waals surface area (Å²) in [5.74, 6) is 0.703. The standard InChI is InChI=1S/C22H23N3O4S/c1-15(2)14-29-22-12-11-21(23-24-22)18-5-4-6-19(13-18)25-30(27,28)20-9-7-17(8-10-20)16(3)26/h4-13,15,25H,14H2,1-3H3. The normalized spacial score (nSPS) is 11.3. The van der Waals surface area contributed by atoms with Gasteiger partial charge in [0.15, 0.2) is 5.78 Å². The second kappa shape index (κ2) is 9.04. The smallest absolute Gasteiger partial charge is 0.261 e. The molecular formula is C22H23N3O4S. The lowest BCUT2D eigenvalue weighted by atomic mass is 10.1. The van der Waals surface area contributed by atoms with Crippen LogP contribution in [0.15, 0.2) is 65.6 Å². The van der Waals surface area contributed by atoms with E-state index in [1.165, 1.54) is 31.2 Å². The highest BCUT2D eigenvalue weighted by atomic mass is 32.2. The number of rotatable bonds is 8. The van der Waals surface area contributed by atoms with Gasteiger partial charge >= 0.3 is 0 Å². The van der Waals surface area contributed by atoms with Crippen LogP contribution in [0.2, 0.25) is 0 Å². The van der Waals surface area contributed by atoms with Gasteiger partial charge in [0.2, 0.25) is 5.88 Å². The lowest BCUT2D eigenvalue weighted by Gasteiger charge is -2.10. The number of nitrogens with one attached hydrogen (secondary N) is 1. The van der Waals surface area contributed by atoms with Gasteiger partial charge in [0.25, 0.3) is 10.0 Å². The molecule has 1 heterocycles. The van der Waals surface area contributed by atoms with E-state index in [9.17, 15) is 13.2 Å². The molecule has 30 heavy (non-hydrogen) atoms. The lowest BCUT2D eigenvalue weighted by Crippen LogP contribution is -2.13. The SMILES string of the molecule is CC(=O)c1ccc(S(=O)(=O)Nc2cccc(-c3ccc(OCC(C)C)nn3)c2)cc1. The zero-order valence-corrected chi connectivity index (χ0v) is 17.8. The van der Waals surface area contributed by atoms with Gasteiger partial charge in [-0.05, 0) is 43.2 Å². The quantitative estimate of drug-likeness (QED) is 0.544. The number of benzene rings is 2. The Hall–Kier alpha value is -3.26. The third-order valence-electron chi connectivity index (χ3n) is 4.19. The van der Waals surface area contributed by atoms with Gasteiger partial charge < -0.3 is 4.74 Å². The molecule has 0 unspecified atom stereocenters. The van der Waals surface area contributed by atoms with E-state index in [1.54, 1.807) is 30.3 Å². The van der Waals surface area contributed by atoms with Gasteiger partial charge in [-0.15, -0.1) is 10.2 Å². The average Bonchev–Trinajstić information content (AvgIpc) is 2.72. The Balaban J connectivity index is 1.77. The predicted octanol–water partition coefficient (Wildman–Crippen LogP) is 4.18. The molecule has 0 fully saturated rings. The first-order chi connectivity index (χ1) is 14.2. The molecule has 0 aliphatic carbocycles. The van der Waals surface area contributed by atoms with Crippen molar-refractivity contribution < 1.29 is 17.9 Å². The van der Waals surface area contributed by atoms with Crippen molar-refractivity contribution in [3.05, 3.63) is 66.2 Å². The number of ketones is 1. The van der Waals surface area contributed by atoms with Gasteiger partial charge in [0, 0.05) is 22.9 Å². The van der Waals surface area contributed by atoms with Gasteiger partial charge in [-0.2, -0.15) is 0 Å². The first kappa shape index (κ1) is 21.4. The molecule has 8 heteroatoms. The van der Waals surface area contributed by atoms with E-state index in [0.29, 0.717) is 40.9 Å². The van der Waals surface area contributed by atoms with Gasteiger partial charge in [-0.3, -0.25) is 9.52 Å². The first-order valence-corrected chi connectivity index (χ1v) is 10.9. The highest BCUT2D eigenvalue weighted by Crippen LogP contribution is 2.24. The number of carbonyl (C=O) groups is 1. The van der Waals surface area contributed by atoms with E-state index >= 15 is 0 Å². The van der Waals surface area contributed by atoms with Crippen molar-refractivity contribution in [3.8, 4) is 17.1 Å². The molecule has 1 N–H and O–H groups in total. The summed E-state index contributed by atoms with van der Waals surface area (Å²) in [5.41, 5.74) is 2.16. The molecule has 0 spiro atoms. The number of nitrogens with zero attached hydrogens (tertiary/aromatic N) is 2. The molecule has 0 saturated carbocycles. The summed E-state index contributed by atoms with van der Waals surface area (Å²) in [6.45, 7) is 6.08. The van der Waals surface area contributed by atoms with Gasteiger partial charge in [-0.1, -0.05) is 38.1 Å². The van der Waals surface area contributed by atoms with Crippen LogP contribution in [-0.4, -0.2) is 31.0 Å². The summed E-state index contributed by atoms with van der Waals surface area (Å²) in [7, 11) is -3.79. The molecular weight excluding hydrogens is 402 g/mol. The van der Waals surface area contributed by atoms with E-state index in [-0.39, 0.29) is 10.7 Å². The summed E-state index contributed by atoms with van der Waals surface area (Å²) < 4.78 is 33.4. The van der Waals surface area contributed by atoms with Gasteiger partial charge in [-0.25, -0.2) is 8.42 Å². The van der Waals surface area contributed by atoms with Crippen molar-refractivity contribution in [1.82, 2.24) is 10.2 Å². The Morgan fingerprint density at radius 2 is 1.77 bits per heavy atom. The summed E-state index contributed by atoms with van der Waals surface area (Å²) >= 11 is 0. The average molecular weight is 426 g/mol. The van der Waals surface area contributed by atoms with Crippen molar-refractivity contribution in [3.63, 3.8) is 0 Å². The van der Waals surface area contributed by atoms with Crippen LogP contribution < -0.4 is 9.46 Å². The molecule has 0 aliphatic rings. The van der Waals surface area contributed by atoms with Gasteiger partial charge in [0.1, 0.15) is 0 Å². The monoisotopic (exact) mass is 425 g/mol. The van der Waals surface area contributed by atoms with Crippen molar-refractivity contribution in [1.29, 1.82) is 0 Å². The largest absolute Gasteiger partial charge is 0.476 e. The Morgan fingerprint density at radius 3 is 2.37 bits per heavy atom. The van der Waals surface area contributed by atoms with Crippen molar-refractivity contribution in [2.75, 3.05) is 11.3 Å². The minimum atomic E-state index is -3.79. The molecule has 0 amide bonds. The van der Waals surface area contributed by atoms with E-state index in [0.717, 1.165) is 0 Å². The molecule has 156 valence electrons. The molecule has 0 bridgehead atoms. The fraction of sp³-hybridized carbons (Fsp3) is 0.227. The highest BCUT2D eigenvalue weighted by Gasteiger charge is 2.15. The molecule has 0 radical (unpaired) electrons. The molecule has 0 saturated heterocycles. The van der Waals surface area contributed by atoms with Crippen LogP contribution >= 0.6 is 0 Å².